The molecule has 2 atom stereocenters. The second kappa shape index (κ2) is 7.04. The molecule has 1 aromatic rings. The molecule has 2 unspecified atom stereocenters. The summed E-state index contributed by atoms with van der Waals surface area (Å²) in [6.07, 6.45) is 5.86. The molecule has 7 nitrogen and oxygen atoms in total. The van der Waals surface area contributed by atoms with Crippen LogP contribution in [0.1, 0.15) is 26.2 Å². The Morgan fingerprint density at radius 1 is 1.26 bits per heavy atom. The van der Waals surface area contributed by atoms with Gasteiger partial charge < -0.3 is 15.5 Å². The van der Waals surface area contributed by atoms with Crippen molar-refractivity contribution in [1.29, 1.82) is 0 Å². The molecule has 0 spiro atoms. The molecule has 3 heterocycles. The zero-order valence-corrected chi connectivity index (χ0v) is 13.4. The van der Waals surface area contributed by atoms with E-state index < -0.39 is 0 Å². The lowest BCUT2D eigenvalue weighted by Gasteiger charge is -2.32. The molecular weight excluding hydrogens is 294 g/mol. The number of rotatable bonds is 4. The molecule has 1 amide bonds. The number of carbonyl (C=O) groups excluding carboxylic acids is 2. The number of hydrogen-bond acceptors (Lipinski definition) is 6. The number of piperidine rings is 1. The highest BCUT2D eigenvalue weighted by Crippen LogP contribution is 2.18. The van der Waals surface area contributed by atoms with Gasteiger partial charge in [0, 0.05) is 44.0 Å². The lowest BCUT2D eigenvalue weighted by Crippen LogP contribution is -2.49. The Kier molecular flexibility index (Phi) is 4.85. The molecule has 124 valence electrons. The Hall–Kier alpha value is -2.02. The van der Waals surface area contributed by atoms with Crippen molar-refractivity contribution in [2.24, 2.45) is 5.92 Å². The van der Waals surface area contributed by atoms with Crippen molar-refractivity contribution >= 4 is 17.6 Å². The molecule has 2 saturated heterocycles. The van der Waals surface area contributed by atoms with Gasteiger partial charge in [-0.05, 0) is 32.3 Å². The quantitative estimate of drug-likeness (QED) is 0.821. The summed E-state index contributed by atoms with van der Waals surface area (Å²) in [5.74, 6) is 0.897. The molecule has 23 heavy (non-hydrogen) atoms. The van der Waals surface area contributed by atoms with E-state index in [0.717, 1.165) is 31.9 Å². The normalized spacial score (nSPS) is 25.3. The molecule has 7 heteroatoms. The predicted octanol–water partition coefficient (Wildman–Crippen LogP) is 0.129. The summed E-state index contributed by atoms with van der Waals surface area (Å²) in [5, 5.41) is 6.26. The lowest BCUT2D eigenvalue weighted by atomic mass is 10.0. The summed E-state index contributed by atoms with van der Waals surface area (Å²) in [6.45, 7) is 3.87. The van der Waals surface area contributed by atoms with Crippen LogP contribution >= 0.6 is 0 Å². The number of Topliss-reactive ketones (excluding diaryl/α,β-unsaturated/α-hetero) is 1. The van der Waals surface area contributed by atoms with Gasteiger partial charge in [-0.15, -0.1) is 0 Å². The first kappa shape index (κ1) is 15.9. The molecule has 3 rings (SSSR count). The van der Waals surface area contributed by atoms with Crippen LogP contribution in [0.2, 0.25) is 0 Å². The summed E-state index contributed by atoms with van der Waals surface area (Å²) < 4.78 is 0. The van der Waals surface area contributed by atoms with Gasteiger partial charge in [0.1, 0.15) is 5.78 Å². The van der Waals surface area contributed by atoms with E-state index in [1.165, 1.54) is 0 Å². The van der Waals surface area contributed by atoms with Gasteiger partial charge in [-0.3, -0.25) is 9.59 Å². The third-order valence-corrected chi connectivity index (χ3v) is 4.70. The van der Waals surface area contributed by atoms with Crippen LogP contribution in [0.5, 0.6) is 0 Å². The van der Waals surface area contributed by atoms with E-state index in [4.69, 9.17) is 0 Å². The van der Waals surface area contributed by atoms with Crippen LogP contribution in [0.25, 0.3) is 0 Å². The second-order valence-corrected chi connectivity index (χ2v) is 6.32. The Balaban J connectivity index is 1.46. The first-order chi connectivity index (χ1) is 11.1. The minimum absolute atomic E-state index is 0.0168. The largest absolute Gasteiger partial charge is 0.352 e. The lowest BCUT2D eigenvalue weighted by molar-refractivity contribution is -0.123. The molecule has 0 bridgehead atoms. The van der Waals surface area contributed by atoms with Crippen molar-refractivity contribution in [3.8, 4) is 0 Å². The summed E-state index contributed by atoms with van der Waals surface area (Å²) in [5.41, 5.74) is 0. The summed E-state index contributed by atoms with van der Waals surface area (Å²) >= 11 is 0. The minimum Gasteiger partial charge on any atom is -0.352 e. The number of nitrogens with zero attached hydrogens (tertiary/aromatic N) is 3. The van der Waals surface area contributed by atoms with Crippen LogP contribution in [-0.2, 0) is 9.59 Å². The molecule has 2 N–H and O–H groups in total. The van der Waals surface area contributed by atoms with Gasteiger partial charge in [0.05, 0.1) is 6.04 Å². The number of ketones is 1. The number of aromatic nitrogens is 2. The molecule has 2 aliphatic heterocycles. The number of amides is 1. The zero-order chi connectivity index (χ0) is 16.2. The molecule has 2 aliphatic rings. The van der Waals surface area contributed by atoms with Crippen LogP contribution in [0.4, 0.5) is 5.95 Å². The Morgan fingerprint density at radius 2 is 1.96 bits per heavy atom. The third kappa shape index (κ3) is 3.85. The molecular formula is C16H23N5O2. The summed E-state index contributed by atoms with van der Waals surface area (Å²) in [4.78, 5) is 34.4. The van der Waals surface area contributed by atoms with Gasteiger partial charge in [-0.25, -0.2) is 9.97 Å². The number of anilines is 1. The molecule has 0 radical (unpaired) electrons. The first-order valence-electron chi connectivity index (χ1n) is 8.19. The van der Waals surface area contributed by atoms with Crippen molar-refractivity contribution in [3.05, 3.63) is 18.5 Å². The van der Waals surface area contributed by atoms with Crippen molar-refractivity contribution < 1.29 is 9.59 Å². The van der Waals surface area contributed by atoms with Crippen LogP contribution in [0.15, 0.2) is 18.5 Å². The topological polar surface area (TPSA) is 87.2 Å². The summed E-state index contributed by atoms with van der Waals surface area (Å²) in [6, 6.07) is 1.75. The van der Waals surface area contributed by atoms with Crippen molar-refractivity contribution in [2.45, 2.75) is 38.3 Å². The van der Waals surface area contributed by atoms with Crippen molar-refractivity contribution in [2.75, 3.05) is 24.5 Å². The molecule has 0 saturated carbocycles. The van der Waals surface area contributed by atoms with Crippen molar-refractivity contribution in [3.63, 3.8) is 0 Å². The van der Waals surface area contributed by atoms with E-state index >= 15 is 0 Å². The number of hydrogen-bond donors (Lipinski definition) is 2. The molecule has 1 aromatic heterocycles. The minimum atomic E-state index is -0.237. The van der Waals surface area contributed by atoms with Gasteiger partial charge in [0.2, 0.25) is 11.9 Å². The smallest absolute Gasteiger partial charge is 0.237 e. The maximum Gasteiger partial charge on any atom is 0.237 e. The SMILES string of the molecule is CC(=O)C1CNC(C(=O)NC2CCN(c3ncccn3)CC2)C1. The molecule has 2 fully saturated rings. The summed E-state index contributed by atoms with van der Waals surface area (Å²) in [7, 11) is 0. The van der Waals surface area contributed by atoms with Gasteiger partial charge in [-0.1, -0.05) is 0 Å². The highest BCUT2D eigenvalue weighted by atomic mass is 16.2. The van der Waals surface area contributed by atoms with Gasteiger partial charge in [0.25, 0.3) is 0 Å². The van der Waals surface area contributed by atoms with E-state index in [2.05, 4.69) is 25.5 Å². The predicted molar refractivity (Wildman–Crippen MR) is 86.0 cm³/mol. The van der Waals surface area contributed by atoms with E-state index in [1.54, 1.807) is 25.4 Å². The Morgan fingerprint density at radius 3 is 2.57 bits per heavy atom. The first-order valence-corrected chi connectivity index (χ1v) is 8.19. The van der Waals surface area contributed by atoms with Crippen LogP contribution in [0.3, 0.4) is 0 Å². The Labute approximate surface area is 135 Å². The standard InChI is InChI=1S/C16H23N5O2/c1-11(22)12-9-14(19-10-12)15(23)20-13-3-7-21(8-4-13)16-17-5-2-6-18-16/h2,5-6,12-14,19H,3-4,7-10H2,1H3,(H,20,23). The number of carbonyl (C=O) groups is 2. The van der Waals surface area contributed by atoms with E-state index in [9.17, 15) is 9.59 Å². The number of nitrogens with one attached hydrogen (secondary N) is 2. The average molecular weight is 317 g/mol. The Bertz CT molecular complexity index is 557. The molecule has 0 aliphatic carbocycles. The van der Waals surface area contributed by atoms with E-state index in [-0.39, 0.29) is 29.7 Å². The van der Waals surface area contributed by atoms with E-state index in [0.29, 0.717) is 13.0 Å². The fourth-order valence-corrected chi connectivity index (χ4v) is 3.23. The fraction of sp³-hybridized carbons (Fsp3) is 0.625. The second-order valence-electron chi connectivity index (χ2n) is 6.32. The van der Waals surface area contributed by atoms with Gasteiger partial charge >= 0.3 is 0 Å². The highest BCUT2D eigenvalue weighted by Gasteiger charge is 2.33. The van der Waals surface area contributed by atoms with Crippen LogP contribution in [-0.4, -0.2) is 53.4 Å². The monoisotopic (exact) mass is 317 g/mol. The zero-order valence-electron chi connectivity index (χ0n) is 13.4. The molecule has 0 aromatic carbocycles. The maximum atomic E-state index is 12.3. The van der Waals surface area contributed by atoms with Crippen LogP contribution in [0, 0.1) is 5.92 Å². The maximum absolute atomic E-state index is 12.3. The van der Waals surface area contributed by atoms with E-state index in [1.807, 2.05) is 0 Å². The third-order valence-electron chi connectivity index (χ3n) is 4.70. The van der Waals surface area contributed by atoms with Gasteiger partial charge in [0.15, 0.2) is 0 Å². The fourth-order valence-electron chi connectivity index (χ4n) is 3.23. The van der Waals surface area contributed by atoms with Gasteiger partial charge in [-0.2, -0.15) is 0 Å². The average Bonchev–Trinajstić information content (AvgIpc) is 3.07. The highest BCUT2D eigenvalue weighted by molar-refractivity contribution is 5.85. The van der Waals surface area contributed by atoms with Crippen molar-refractivity contribution in [1.82, 2.24) is 20.6 Å². The van der Waals surface area contributed by atoms with Crippen LogP contribution < -0.4 is 15.5 Å².